The topological polar surface area (TPSA) is 120 Å². The van der Waals surface area contributed by atoms with E-state index in [2.05, 4.69) is 27.2 Å². The normalized spacial score (nSPS) is 18.2. The van der Waals surface area contributed by atoms with Crippen LogP contribution < -0.4 is 21.5 Å². The molecule has 2 aromatic rings. The van der Waals surface area contributed by atoms with Crippen molar-refractivity contribution < 1.29 is 9.47 Å². The molecule has 9 heteroatoms. The maximum absolute atomic E-state index is 12.3. The standard InChI is InChI=1S/C18H30N6O3/c1-3-6-12(2)27-17-22-15(19)14-16(23-17)24(18(25)21-14)9-5-8-20-11-13-7-4-10-26-13/h12-13,20H,3-11H2,1-2H3,(H,21,25)(H2,19,22,23)/t12-,13?/m0/s1. The molecular weight excluding hydrogens is 348 g/mol. The van der Waals surface area contributed by atoms with E-state index in [1.807, 2.05) is 6.92 Å². The van der Waals surface area contributed by atoms with Gasteiger partial charge in [-0.3, -0.25) is 4.57 Å². The van der Waals surface area contributed by atoms with Crippen molar-refractivity contribution in [2.75, 3.05) is 25.4 Å². The van der Waals surface area contributed by atoms with Crippen molar-refractivity contribution in [3.63, 3.8) is 0 Å². The average Bonchev–Trinajstić information content (AvgIpc) is 3.24. The van der Waals surface area contributed by atoms with E-state index in [4.69, 9.17) is 15.2 Å². The number of aromatic amines is 1. The number of hydrogen-bond donors (Lipinski definition) is 3. The van der Waals surface area contributed by atoms with Crippen LogP contribution in [0.4, 0.5) is 5.82 Å². The summed E-state index contributed by atoms with van der Waals surface area (Å²) in [6.45, 7) is 7.12. The summed E-state index contributed by atoms with van der Waals surface area (Å²) < 4.78 is 12.9. The number of anilines is 1. The van der Waals surface area contributed by atoms with Crippen LogP contribution in [0.2, 0.25) is 0 Å². The number of ether oxygens (including phenoxy) is 2. The molecule has 0 radical (unpaired) electrons. The van der Waals surface area contributed by atoms with Gasteiger partial charge in [0.05, 0.1) is 12.2 Å². The zero-order valence-electron chi connectivity index (χ0n) is 16.2. The molecule has 1 aliphatic heterocycles. The highest BCUT2D eigenvalue weighted by Gasteiger charge is 2.16. The Labute approximate surface area is 158 Å². The van der Waals surface area contributed by atoms with Gasteiger partial charge in [-0.1, -0.05) is 13.3 Å². The number of nitrogens with one attached hydrogen (secondary N) is 2. The Morgan fingerprint density at radius 3 is 3.07 bits per heavy atom. The largest absolute Gasteiger partial charge is 0.460 e. The molecule has 150 valence electrons. The fourth-order valence-electron chi connectivity index (χ4n) is 3.37. The second-order valence-electron chi connectivity index (χ2n) is 7.08. The molecule has 0 aromatic carbocycles. The first kappa shape index (κ1) is 19.6. The predicted molar refractivity (Wildman–Crippen MR) is 104 cm³/mol. The van der Waals surface area contributed by atoms with E-state index in [1.165, 1.54) is 0 Å². The number of nitrogens with two attached hydrogens (primary N) is 1. The molecule has 0 bridgehead atoms. The number of hydrogen-bond acceptors (Lipinski definition) is 7. The average molecular weight is 378 g/mol. The maximum atomic E-state index is 12.3. The number of rotatable bonds is 10. The predicted octanol–water partition coefficient (Wildman–Crippen LogP) is 1.43. The molecule has 0 aliphatic carbocycles. The van der Waals surface area contributed by atoms with Gasteiger partial charge in [-0.15, -0.1) is 0 Å². The summed E-state index contributed by atoms with van der Waals surface area (Å²) in [5, 5.41) is 3.39. The molecule has 0 saturated carbocycles. The monoisotopic (exact) mass is 378 g/mol. The lowest BCUT2D eigenvalue weighted by Crippen LogP contribution is -2.28. The van der Waals surface area contributed by atoms with E-state index in [1.54, 1.807) is 4.57 Å². The van der Waals surface area contributed by atoms with Crippen molar-refractivity contribution in [2.45, 2.75) is 64.7 Å². The first-order valence-corrected chi connectivity index (χ1v) is 9.83. The van der Waals surface area contributed by atoms with Gasteiger partial charge in [0.25, 0.3) is 0 Å². The van der Waals surface area contributed by atoms with Crippen molar-refractivity contribution >= 4 is 17.0 Å². The number of H-pyrrole nitrogens is 1. The Hall–Kier alpha value is -2.13. The summed E-state index contributed by atoms with van der Waals surface area (Å²) in [5.41, 5.74) is 6.71. The van der Waals surface area contributed by atoms with Crippen LogP contribution in [0.15, 0.2) is 4.79 Å². The molecule has 0 spiro atoms. The number of imidazole rings is 1. The first-order valence-electron chi connectivity index (χ1n) is 9.83. The third-order valence-electron chi connectivity index (χ3n) is 4.76. The highest BCUT2D eigenvalue weighted by molar-refractivity contribution is 5.81. The van der Waals surface area contributed by atoms with Gasteiger partial charge in [-0.2, -0.15) is 9.97 Å². The lowest BCUT2D eigenvalue weighted by atomic mass is 10.2. The lowest BCUT2D eigenvalue weighted by molar-refractivity contribution is 0.110. The summed E-state index contributed by atoms with van der Waals surface area (Å²) in [7, 11) is 0. The molecule has 1 aliphatic rings. The van der Waals surface area contributed by atoms with E-state index < -0.39 is 0 Å². The molecule has 27 heavy (non-hydrogen) atoms. The number of aryl methyl sites for hydroxylation is 1. The highest BCUT2D eigenvalue weighted by Crippen LogP contribution is 2.19. The van der Waals surface area contributed by atoms with Gasteiger partial charge in [0.2, 0.25) is 0 Å². The van der Waals surface area contributed by atoms with Crippen LogP contribution >= 0.6 is 0 Å². The van der Waals surface area contributed by atoms with E-state index in [-0.39, 0.29) is 23.6 Å². The third kappa shape index (κ3) is 4.98. The number of nitrogens with zero attached hydrogens (tertiary/aromatic N) is 3. The minimum Gasteiger partial charge on any atom is -0.460 e. The highest BCUT2D eigenvalue weighted by atomic mass is 16.5. The van der Waals surface area contributed by atoms with Crippen molar-refractivity contribution in [3.05, 3.63) is 10.5 Å². The quantitative estimate of drug-likeness (QED) is 0.535. The maximum Gasteiger partial charge on any atom is 0.327 e. The third-order valence-corrected chi connectivity index (χ3v) is 4.76. The molecule has 4 N–H and O–H groups in total. The van der Waals surface area contributed by atoms with E-state index in [0.717, 1.165) is 51.8 Å². The summed E-state index contributed by atoms with van der Waals surface area (Å²) in [6, 6.07) is 0.213. The van der Waals surface area contributed by atoms with Crippen molar-refractivity contribution in [2.24, 2.45) is 0 Å². The van der Waals surface area contributed by atoms with Crippen LogP contribution in [0.5, 0.6) is 6.01 Å². The Morgan fingerprint density at radius 1 is 1.48 bits per heavy atom. The molecule has 2 atom stereocenters. The van der Waals surface area contributed by atoms with Gasteiger partial charge in [0.15, 0.2) is 11.5 Å². The molecule has 3 heterocycles. The van der Waals surface area contributed by atoms with Crippen LogP contribution in [-0.2, 0) is 11.3 Å². The number of fused-ring (bicyclic) bond motifs is 1. The molecule has 3 rings (SSSR count). The Balaban J connectivity index is 1.63. The second-order valence-corrected chi connectivity index (χ2v) is 7.08. The Morgan fingerprint density at radius 2 is 2.33 bits per heavy atom. The molecule has 9 nitrogen and oxygen atoms in total. The summed E-state index contributed by atoms with van der Waals surface area (Å²) >= 11 is 0. The molecule has 2 aromatic heterocycles. The van der Waals surface area contributed by atoms with Crippen LogP contribution in [0.25, 0.3) is 11.2 Å². The fraction of sp³-hybridized carbons (Fsp3) is 0.722. The fourth-order valence-corrected chi connectivity index (χ4v) is 3.37. The van der Waals surface area contributed by atoms with E-state index >= 15 is 0 Å². The first-order chi connectivity index (χ1) is 13.1. The Bertz CT molecular complexity index is 796. The lowest BCUT2D eigenvalue weighted by Gasteiger charge is -2.13. The van der Waals surface area contributed by atoms with Crippen molar-refractivity contribution in [3.8, 4) is 6.01 Å². The Kier molecular flexibility index (Phi) is 6.68. The van der Waals surface area contributed by atoms with Gasteiger partial charge in [-0.25, -0.2) is 4.79 Å². The van der Waals surface area contributed by atoms with E-state index in [0.29, 0.717) is 23.8 Å². The second kappa shape index (κ2) is 9.18. The SMILES string of the molecule is CCC[C@H](C)Oc1nc(N)c2[nH]c(=O)n(CCCNCC3CCCO3)c2n1. The van der Waals surface area contributed by atoms with Crippen LogP contribution in [0.3, 0.4) is 0 Å². The van der Waals surface area contributed by atoms with Crippen LogP contribution in [0, 0.1) is 0 Å². The minimum atomic E-state index is -0.233. The number of aromatic nitrogens is 4. The zero-order chi connectivity index (χ0) is 19.2. The summed E-state index contributed by atoms with van der Waals surface area (Å²) in [5.74, 6) is 0.228. The van der Waals surface area contributed by atoms with Gasteiger partial charge in [0.1, 0.15) is 5.52 Å². The zero-order valence-corrected chi connectivity index (χ0v) is 16.2. The molecule has 1 unspecified atom stereocenters. The van der Waals surface area contributed by atoms with Gasteiger partial charge >= 0.3 is 11.7 Å². The number of nitrogen functional groups attached to an aromatic ring is 1. The van der Waals surface area contributed by atoms with E-state index in [9.17, 15) is 4.79 Å². The van der Waals surface area contributed by atoms with Crippen molar-refractivity contribution in [1.29, 1.82) is 0 Å². The van der Waals surface area contributed by atoms with Crippen molar-refractivity contribution in [1.82, 2.24) is 24.8 Å². The van der Waals surface area contributed by atoms with Crippen LogP contribution in [0.1, 0.15) is 46.0 Å². The molecular formula is C18H30N6O3. The minimum absolute atomic E-state index is 0.00651. The smallest absolute Gasteiger partial charge is 0.327 e. The molecule has 0 amide bonds. The van der Waals surface area contributed by atoms with Crippen LogP contribution in [-0.4, -0.2) is 51.4 Å². The van der Waals surface area contributed by atoms with Gasteiger partial charge in [-0.05, 0) is 39.2 Å². The molecule has 1 fully saturated rings. The summed E-state index contributed by atoms with van der Waals surface area (Å²) in [6.07, 6.45) is 5.27. The van der Waals surface area contributed by atoms with Gasteiger partial charge in [0, 0.05) is 19.7 Å². The summed E-state index contributed by atoms with van der Waals surface area (Å²) in [4.78, 5) is 23.6. The van der Waals surface area contributed by atoms with Gasteiger partial charge < -0.3 is 25.5 Å². The molecule has 1 saturated heterocycles.